The minimum Gasteiger partial charge on any atom is -0.385 e. The molecule has 0 aliphatic rings. The van der Waals surface area contributed by atoms with E-state index in [-0.39, 0.29) is 5.25 Å². The second-order valence-electron chi connectivity index (χ2n) is 3.99. The summed E-state index contributed by atoms with van der Waals surface area (Å²) in [7, 11) is 0.885. The number of anilines is 1. The van der Waals surface area contributed by atoms with E-state index < -0.39 is 10.8 Å². The Morgan fingerprint density at radius 2 is 2.41 bits per heavy atom. The molecule has 0 saturated carbocycles. The first-order valence-corrected chi connectivity index (χ1v) is 7.33. The number of methoxy groups -OCH3 is 1. The first-order chi connectivity index (χ1) is 8.15. The molecule has 0 saturated heterocycles. The molecule has 2 atom stereocenters. The number of hydrogen-bond acceptors (Lipinski definition) is 4. The van der Waals surface area contributed by atoms with Gasteiger partial charge in [0.25, 0.3) is 0 Å². The monoisotopic (exact) mass is 259 g/mol. The van der Waals surface area contributed by atoms with Crippen LogP contribution >= 0.6 is 0 Å². The maximum absolute atomic E-state index is 11.3. The lowest BCUT2D eigenvalue weighted by Crippen LogP contribution is -2.19. The van der Waals surface area contributed by atoms with Crippen molar-refractivity contribution in [2.24, 2.45) is 0 Å². The van der Waals surface area contributed by atoms with Crippen LogP contribution < -0.4 is 5.32 Å². The Kier molecular flexibility index (Phi) is 6.21. The topological polar surface area (TPSA) is 56.1 Å². The normalized spacial score (nSPS) is 14.5. The summed E-state index contributed by atoms with van der Waals surface area (Å²) in [5.74, 6) is 0.832. The van der Waals surface area contributed by atoms with Gasteiger partial charge in [-0.05, 0) is 13.3 Å². The van der Waals surface area contributed by atoms with Gasteiger partial charge in [0.1, 0.15) is 0 Å². The quantitative estimate of drug-likeness (QED) is 0.710. The molecule has 5 nitrogen and oxygen atoms in total. The van der Waals surface area contributed by atoms with Gasteiger partial charge in [0.2, 0.25) is 5.95 Å². The van der Waals surface area contributed by atoms with Crippen molar-refractivity contribution in [2.45, 2.75) is 25.1 Å². The van der Waals surface area contributed by atoms with Crippen LogP contribution in [-0.4, -0.2) is 45.5 Å². The van der Waals surface area contributed by atoms with Crippen molar-refractivity contribution in [1.29, 1.82) is 0 Å². The van der Waals surface area contributed by atoms with Crippen LogP contribution in [0.15, 0.2) is 12.4 Å². The van der Waals surface area contributed by atoms with Crippen LogP contribution in [0.2, 0.25) is 0 Å². The van der Waals surface area contributed by atoms with Crippen LogP contribution in [0, 0.1) is 0 Å². The van der Waals surface area contributed by atoms with Crippen molar-refractivity contribution in [1.82, 2.24) is 9.55 Å². The molecular formula is C11H21N3O2S. The van der Waals surface area contributed by atoms with Gasteiger partial charge in [-0.15, -0.1) is 0 Å². The molecule has 1 N–H and O–H groups in total. The second kappa shape index (κ2) is 7.45. The molecule has 0 aliphatic heterocycles. The van der Waals surface area contributed by atoms with Crippen molar-refractivity contribution in [3.8, 4) is 0 Å². The molecule has 0 radical (unpaired) electrons. The first-order valence-electron chi connectivity index (χ1n) is 5.71. The third-order valence-corrected chi connectivity index (χ3v) is 3.83. The second-order valence-corrected chi connectivity index (χ2v) is 5.79. The Bertz CT molecular complexity index is 354. The molecule has 6 heteroatoms. The standard InChI is InChI=1S/C11H21N3O2S/c1-10(17(3)15)9-14-7-6-13-11(14)12-5-4-8-16-2/h6-7,10H,4-5,8-9H2,1-3H3,(H,12,13). The van der Waals surface area contributed by atoms with Gasteiger partial charge in [0.05, 0.1) is 0 Å². The van der Waals surface area contributed by atoms with E-state index in [9.17, 15) is 4.21 Å². The molecule has 17 heavy (non-hydrogen) atoms. The van der Waals surface area contributed by atoms with Gasteiger partial charge in [-0.1, -0.05) is 0 Å². The summed E-state index contributed by atoms with van der Waals surface area (Å²) in [4.78, 5) is 4.24. The van der Waals surface area contributed by atoms with Gasteiger partial charge in [0.15, 0.2) is 0 Å². The number of nitrogens with one attached hydrogen (secondary N) is 1. The Morgan fingerprint density at radius 3 is 3.06 bits per heavy atom. The highest BCUT2D eigenvalue weighted by molar-refractivity contribution is 7.84. The smallest absolute Gasteiger partial charge is 0.202 e. The van der Waals surface area contributed by atoms with Gasteiger partial charge in [-0.2, -0.15) is 0 Å². The molecule has 1 rings (SSSR count). The van der Waals surface area contributed by atoms with E-state index in [1.54, 1.807) is 19.6 Å². The van der Waals surface area contributed by atoms with E-state index in [2.05, 4.69) is 10.3 Å². The van der Waals surface area contributed by atoms with Crippen molar-refractivity contribution < 1.29 is 8.95 Å². The molecule has 98 valence electrons. The summed E-state index contributed by atoms with van der Waals surface area (Å²) in [6, 6.07) is 0. The van der Waals surface area contributed by atoms with E-state index in [0.717, 1.165) is 32.1 Å². The summed E-state index contributed by atoms with van der Waals surface area (Å²) in [6.07, 6.45) is 6.33. The fourth-order valence-electron chi connectivity index (χ4n) is 1.42. The van der Waals surface area contributed by atoms with E-state index in [1.165, 1.54) is 0 Å². The predicted molar refractivity (Wildman–Crippen MR) is 70.7 cm³/mol. The maximum Gasteiger partial charge on any atom is 0.202 e. The van der Waals surface area contributed by atoms with Crippen molar-refractivity contribution >= 4 is 16.7 Å². The third kappa shape index (κ3) is 4.87. The fourth-order valence-corrected chi connectivity index (χ4v) is 1.79. The van der Waals surface area contributed by atoms with E-state index in [0.29, 0.717) is 0 Å². The largest absolute Gasteiger partial charge is 0.385 e. The molecule has 0 spiro atoms. The predicted octanol–water partition coefficient (Wildman–Crippen LogP) is 1.10. The summed E-state index contributed by atoms with van der Waals surface area (Å²) < 4.78 is 18.3. The van der Waals surface area contributed by atoms with Crippen LogP contribution in [0.5, 0.6) is 0 Å². The highest BCUT2D eigenvalue weighted by Crippen LogP contribution is 2.07. The van der Waals surface area contributed by atoms with Gasteiger partial charge >= 0.3 is 0 Å². The third-order valence-electron chi connectivity index (χ3n) is 2.54. The lowest BCUT2D eigenvalue weighted by atomic mass is 10.4. The molecule has 0 fully saturated rings. The molecular weight excluding hydrogens is 238 g/mol. The van der Waals surface area contributed by atoms with Crippen LogP contribution in [0.4, 0.5) is 5.95 Å². The minimum absolute atomic E-state index is 0.128. The minimum atomic E-state index is -0.808. The zero-order valence-electron chi connectivity index (χ0n) is 10.7. The van der Waals surface area contributed by atoms with Crippen molar-refractivity contribution in [2.75, 3.05) is 31.8 Å². The average molecular weight is 259 g/mol. The van der Waals surface area contributed by atoms with E-state index in [4.69, 9.17) is 4.74 Å². The van der Waals surface area contributed by atoms with Gasteiger partial charge in [0, 0.05) is 61.5 Å². The number of imidazole rings is 1. The molecule has 1 aromatic heterocycles. The maximum atomic E-state index is 11.3. The number of ether oxygens (including phenoxy) is 1. The van der Waals surface area contributed by atoms with Gasteiger partial charge in [-0.3, -0.25) is 4.21 Å². The zero-order chi connectivity index (χ0) is 12.7. The molecule has 0 aliphatic carbocycles. The number of hydrogen-bond donors (Lipinski definition) is 1. The number of nitrogens with zero attached hydrogens (tertiary/aromatic N) is 2. The fraction of sp³-hybridized carbons (Fsp3) is 0.727. The highest BCUT2D eigenvalue weighted by atomic mass is 32.2. The van der Waals surface area contributed by atoms with Gasteiger partial charge < -0.3 is 14.6 Å². The van der Waals surface area contributed by atoms with Gasteiger partial charge in [-0.25, -0.2) is 4.98 Å². The summed E-state index contributed by atoms with van der Waals surface area (Å²) >= 11 is 0. The Balaban J connectivity index is 2.45. The molecule has 1 heterocycles. The number of rotatable bonds is 8. The first kappa shape index (κ1) is 14.2. The Labute approximate surface area is 105 Å². The Morgan fingerprint density at radius 1 is 1.65 bits per heavy atom. The molecule has 0 aromatic carbocycles. The SMILES string of the molecule is COCCCNc1nccn1CC(C)S(C)=O. The number of aromatic nitrogens is 2. The molecule has 2 unspecified atom stereocenters. The summed E-state index contributed by atoms with van der Waals surface area (Å²) in [5.41, 5.74) is 0. The summed E-state index contributed by atoms with van der Waals surface area (Å²) in [5, 5.41) is 3.37. The highest BCUT2D eigenvalue weighted by Gasteiger charge is 2.09. The van der Waals surface area contributed by atoms with Crippen LogP contribution in [-0.2, 0) is 22.1 Å². The van der Waals surface area contributed by atoms with E-state index >= 15 is 0 Å². The van der Waals surface area contributed by atoms with E-state index in [1.807, 2.05) is 17.7 Å². The molecule has 0 bridgehead atoms. The van der Waals surface area contributed by atoms with Crippen LogP contribution in [0.25, 0.3) is 0 Å². The zero-order valence-corrected chi connectivity index (χ0v) is 11.5. The summed E-state index contributed by atoms with van der Waals surface area (Å²) in [6.45, 7) is 4.26. The van der Waals surface area contributed by atoms with Crippen molar-refractivity contribution in [3.05, 3.63) is 12.4 Å². The van der Waals surface area contributed by atoms with Crippen molar-refractivity contribution in [3.63, 3.8) is 0 Å². The van der Waals surface area contributed by atoms with Crippen LogP contribution in [0.3, 0.4) is 0 Å². The van der Waals surface area contributed by atoms with Crippen LogP contribution in [0.1, 0.15) is 13.3 Å². The molecule has 1 aromatic rings. The Hall–Kier alpha value is -0.880. The lowest BCUT2D eigenvalue weighted by Gasteiger charge is -2.13. The molecule has 0 amide bonds. The lowest BCUT2D eigenvalue weighted by molar-refractivity contribution is 0.197. The average Bonchev–Trinajstić information content (AvgIpc) is 2.72.